The van der Waals surface area contributed by atoms with E-state index < -0.39 is 6.04 Å². The molecule has 0 saturated heterocycles. The lowest BCUT2D eigenvalue weighted by Crippen LogP contribution is -2.53. The number of rotatable bonds is 8. The van der Waals surface area contributed by atoms with Crippen LogP contribution in [0.3, 0.4) is 0 Å². The van der Waals surface area contributed by atoms with Crippen LogP contribution in [0.1, 0.15) is 56.4 Å². The molecule has 0 aliphatic heterocycles. The van der Waals surface area contributed by atoms with Crippen LogP contribution in [0.4, 0.5) is 0 Å². The third-order valence-electron chi connectivity index (χ3n) is 5.22. The van der Waals surface area contributed by atoms with Gasteiger partial charge in [-0.2, -0.15) is 0 Å². The Morgan fingerprint density at radius 2 is 1.81 bits per heavy atom. The number of ether oxygens (including phenoxy) is 1. The Hall–Kier alpha value is -2.82. The van der Waals surface area contributed by atoms with Crippen LogP contribution in [-0.4, -0.2) is 35.4 Å². The largest absolute Gasteiger partial charge is 0.497 e. The van der Waals surface area contributed by atoms with Crippen LogP contribution < -0.4 is 10.1 Å². The second-order valence-corrected chi connectivity index (χ2v) is 9.14. The van der Waals surface area contributed by atoms with E-state index in [0.717, 1.165) is 28.0 Å². The van der Waals surface area contributed by atoms with Crippen molar-refractivity contribution in [3.8, 4) is 5.75 Å². The van der Waals surface area contributed by atoms with Crippen molar-refractivity contribution in [2.75, 3.05) is 7.11 Å². The second kappa shape index (κ2) is 10.5. The molecule has 31 heavy (non-hydrogen) atoms. The predicted molar refractivity (Wildman–Crippen MR) is 125 cm³/mol. The summed E-state index contributed by atoms with van der Waals surface area (Å²) in [4.78, 5) is 28.3. The van der Waals surface area contributed by atoms with Crippen molar-refractivity contribution in [2.45, 2.75) is 72.5 Å². The molecule has 0 aliphatic rings. The van der Waals surface area contributed by atoms with Crippen LogP contribution in [0.5, 0.6) is 5.75 Å². The molecule has 1 atom stereocenters. The zero-order valence-corrected chi connectivity index (χ0v) is 19.9. The Labute approximate surface area is 186 Å². The van der Waals surface area contributed by atoms with E-state index in [0.29, 0.717) is 13.0 Å². The monoisotopic (exact) mass is 424 g/mol. The Morgan fingerprint density at radius 3 is 2.42 bits per heavy atom. The zero-order valence-electron chi connectivity index (χ0n) is 19.9. The van der Waals surface area contributed by atoms with Gasteiger partial charge >= 0.3 is 0 Å². The average molecular weight is 425 g/mol. The smallest absolute Gasteiger partial charge is 0.243 e. The standard InChI is InChI=1S/C26H36N2O3/c1-8-23(25(30)27-26(4,5)6)28(17-20-10-9-11-22(15-20)31-7)24(29)16-21-14-18(2)12-13-19(21)3/h9-15,23H,8,16-17H2,1-7H3,(H,27,30)/t23-/m1/s1. The summed E-state index contributed by atoms with van der Waals surface area (Å²) in [7, 11) is 1.62. The first-order valence-electron chi connectivity index (χ1n) is 10.8. The first kappa shape index (κ1) is 24.4. The molecule has 0 aromatic heterocycles. The van der Waals surface area contributed by atoms with E-state index in [9.17, 15) is 9.59 Å². The van der Waals surface area contributed by atoms with Gasteiger partial charge in [-0.25, -0.2) is 0 Å². The Morgan fingerprint density at radius 1 is 1.10 bits per heavy atom. The van der Waals surface area contributed by atoms with Gasteiger partial charge in [0.2, 0.25) is 11.8 Å². The summed E-state index contributed by atoms with van der Waals surface area (Å²) < 4.78 is 5.34. The summed E-state index contributed by atoms with van der Waals surface area (Å²) in [6, 6.07) is 13.2. The Balaban J connectivity index is 2.38. The summed E-state index contributed by atoms with van der Waals surface area (Å²) in [5, 5.41) is 3.04. The van der Waals surface area contributed by atoms with Crippen LogP contribution in [0.15, 0.2) is 42.5 Å². The number of carbonyl (C=O) groups excluding carboxylic acids is 2. The maximum absolute atomic E-state index is 13.5. The summed E-state index contributed by atoms with van der Waals surface area (Å²) >= 11 is 0. The molecule has 0 bridgehead atoms. The average Bonchev–Trinajstić information content (AvgIpc) is 2.69. The molecule has 0 saturated carbocycles. The molecule has 0 radical (unpaired) electrons. The van der Waals surface area contributed by atoms with Crippen molar-refractivity contribution >= 4 is 11.8 Å². The number of benzene rings is 2. The van der Waals surface area contributed by atoms with Crippen molar-refractivity contribution in [2.24, 2.45) is 0 Å². The van der Waals surface area contributed by atoms with E-state index in [1.807, 2.05) is 84.0 Å². The Kier molecular flexibility index (Phi) is 8.26. The fraction of sp³-hybridized carbons (Fsp3) is 0.462. The molecule has 0 aliphatic carbocycles. The van der Waals surface area contributed by atoms with Gasteiger partial charge in [-0.05, 0) is 69.9 Å². The van der Waals surface area contributed by atoms with E-state index in [-0.39, 0.29) is 23.8 Å². The minimum absolute atomic E-state index is 0.0626. The van der Waals surface area contributed by atoms with Gasteiger partial charge in [0.05, 0.1) is 13.5 Å². The molecule has 2 rings (SSSR count). The molecular formula is C26H36N2O3. The normalized spacial score (nSPS) is 12.2. The molecule has 0 heterocycles. The quantitative estimate of drug-likeness (QED) is 0.675. The third kappa shape index (κ3) is 7.12. The first-order chi connectivity index (χ1) is 14.5. The molecule has 5 heteroatoms. The molecule has 0 fully saturated rings. The molecule has 168 valence electrons. The highest BCUT2D eigenvalue weighted by Gasteiger charge is 2.30. The van der Waals surface area contributed by atoms with Crippen molar-refractivity contribution < 1.29 is 14.3 Å². The molecule has 5 nitrogen and oxygen atoms in total. The third-order valence-corrected chi connectivity index (χ3v) is 5.22. The van der Waals surface area contributed by atoms with E-state index in [1.165, 1.54) is 0 Å². The molecule has 1 N–H and O–H groups in total. The lowest BCUT2D eigenvalue weighted by atomic mass is 10.0. The highest BCUT2D eigenvalue weighted by molar-refractivity contribution is 5.89. The molecule has 2 aromatic rings. The van der Waals surface area contributed by atoms with Crippen molar-refractivity contribution in [1.29, 1.82) is 0 Å². The number of nitrogens with zero attached hydrogens (tertiary/aromatic N) is 1. The van der Waals surface area contributed by atoms with E-state index in [4.69, 9.17) is 4.74 Å². The number of hydrogen-bond acceptors (Lipinski definition) is 3. The molecular weight excluding hydrogens is 388 g/mol. The summed E-state index contributed by atoms with van der Waals surface area (Å²) in [5.41, 5.74) is 3.74. The van der Waals surface area contributed by atoms with Crippen LogP contribution in [0, 0.1) is 13.8 Å². The molecule has 2 aromatic carbocycles. The number of carbonyl (C=O) groups is 2. The Bertz CT molecular complexity index is 915. The molecule has 0 spiro atoms. The van der Waals surface area contributed by atoms with Crippen molar-refractivity contribution in [3.63, 3.8) is 0 Å². The predicted octanol–water partition coefficient (Wildman–Crippen LogP) is 4.58. The van der Waals surface area contributed by atoms with Gasteiger partial charge in [-0.3, -0.25) is 9.59 Å². The van der Waals surface area contributed by atoms with Crippen LogP contribution >= 0.6 is 0 Å². The minimum Gasteiger partial charge on any atom is -0.497 e. The van der Waals surface area contributed by atoms with Gasteiger partial charge in [-0.15, -0.1) is 0 Å². The zero-order chi connectivity index (χ0) is 23.2. The van der Waals surface area contributed by atoms with Crippen LogP contribution in [-0.2, 0) is 22.6 Å². The summed E-state index contributed by atoms with van der Waals surface area (Å²) in [5.74, 6) is 0.534. The van der Waals surface area contributed by atoms with Gasteiger partial charge in [0.25, 0.3) is 0 Å². The van der Waals surface area contributed by atoms with Gasteiger partial charge in [-0.1, -0.05) is 42.8 Å². The fourth-order valence-corrected chi connectivity index (χ4v) is 3.60. The maximum atomic E-state index is 13.5. The highest BCUT2D eigenvalue weighted by atomic mass is 16.5. The number of nitrogens with one attached hydrogen (secondary N) is 1. The summed E-state index contributed by atoms with van der Waals surface area (Å²) in [6.07, 6.45) is 0.793. The van der Waals surface area contributed by atoms with E-state index in [1.54, 1.807) is 12.0 Å². The van der Waals surface area contributed by atoms with E-state index in [2.05, 4.69) is 5.32 Å². The van der Waals surface area contributed by atoms with Gasteiger partial charge in [0, 0.05) is 12.1 Å². The van der Waals surface area contributed by atoms with Gasteiger partial charge in [0.1, 0.15) is 11.8 Å². The molecule has 2 amide bonds. The topological polar surface area (TPSA) is 58.6 Å². The number of methoxy groups -OCH3 is 1. The summed E-state index contributed by atoms with van der Waals surface area (Å²) in [6.45, 7) is 12.2. The minimum atomic E-state index is -0.553. The fourth-order valence-electron chi connectivity index (χ4n) is 3.60. The SMILES string of the molecule is CC[C@H](C(=O)NC(C)(C)C)N(Cc1cccc(OC)c1)C(=O)Cc1cc(C)ccc1C. The number of hydrogen-bond donors (Lipinski definition) is 1. The van der Waals surface area contributed by atoms with Gasteiger partial charge in [0.15, 0.2) is 0 Å². The van der Waals surface area contributed by atoms with Crippen LogP contribution in [0.25, 0.3) is 0 Å². The van der Waals surface area contributed by atoms with Crippen molar-refractivity contribution in [3.05, 3.63) is 64.7 Å². The van der Waals surface area contributed by atoms with Crippen LogP contribution in [0.2, 0.25) is 0 Å². The number of aryl methyl sites for hydroxylation is 2. The first-order valence-corrected chi connectivity index (χ1v) is 10.8. The second-order valence-electron chi connectivity index (χ2n) is 9.14. The number of amides is 2. The lowest BCUT2D eigenvalue weighted by Gasteiger charge is -2.33. The van der Waals surface area contributed by atoms with E-state index >= 15 is 0 Å². The highest BCUT2D eigenvalue weighted by Crippen LogP contribution is 2.20. The molecule has 0 unspecified atom stereocenters. The maximum Gasteiger partial charge on any atom is 0.243 e. The van der Waals surface area contributed by atoms with Crippen molar-refractivity contribution in [1.82, 2.24) is 10.2 Å². The lowest BCUT2D eigenvalue weighted by molar-refractivity contribution is -0.141. The van der Waals surface area contributed by atoms with Gasteiger partial charge < -0.3 is 15.0 Å².